The molecule has 294 valence electrons. The van der Waals surface area contributed by atoms with Crippen LogP contribution in [0.2, 0.25) is 0 Å². The molecular weight excluding hydrogens is 708 g/mol. The fraction of sp³-hybridized carbons (Fsp3) is 0.556. The summed E-state index contributed by atoms with van der Waals surface area (Å²) in [6.45, 7) is 0. The molecule has 12 N–H and O–H groups in total. The SMILES string of the molecule is O=C(O)CCC(=O)O.O=C(O)CCC(=O)O.O=C(O)CCC(=O)O.O=C(O)CCC(=O)O.O=C(O)CCCC(=O)O.O=C(O)CCCCC(=O)O. The molecule has 0 saturated carbocycles. The number of carboxylic acids is 12. The average Bonchev–Trinajstić information content (AvgIpc) is 2.96. The van der Waals surface area contributed by atoms with Gasteiger partial charge in [-0.05, 0) is 19.3 Å². The van der Waals surface area contributed by atoms with Gasteiger partial charge in [0.25, 0.3) is 0 Å². The summed E-state index contributed by atoms with van der Waals surface area (Å²) in [6.07, 6.45) is -1.27. The van der Waals surface area contributed by atoms with E-state index in [9.17, 15) is 57.5 Å². The number of aliphatic carboxylic acids is 12. The van der Waals surface area contributed by atoms with Crippen molar-refractivity contribution in [1.29, 1.82) is 0 Å². The summed E-state index contributed by atoms with van der Waals surface area (Å²) in [5.74, 6) is -12.2. The van der Waals surface area contributed by atoms with Gasteiger partial charge in [0.15, 0.2) is 0 Å². The minimum Gasteiger partial charge on any atom is -0.481 e. The summed E-state index contributed by atoms with van der Waals surface area (Å²) < 4.78 is 0. The Morgan fingerprint density at radius 2 is 0.275 bits per heavy atom. The van der Waals surface area contributed by atoms with E-state index in [1.54, 1.807) is 0 Å². The van der Waals surface area contributed by atoms with Crippen molar-refractivity contribution in [3.63, 3.8) is 0 Å². The molecule has 0 unspecified atom stereocenters. The zero-order valence-electron chi connectivity index (χ0n) is 26.9. The molecule has 0 aromatic heterocycles. The van der Waals surface area contributed by atoms with Gasteiger partial charge in [-0.15, -0.1) is 0 Å². The van der Waals surface area contributed by atoms with Crippen molar-refractivity contribution in [3.8, 4) is 0 Å². The molecule has 0 aliphatic carbocycles. The van der Waals surface area contributed by atoms with Crippen LogP contribution in [0.15, 0.2) is 0 Å². The highest BCUT2D eigenvalue weighted by Crippen LogP contribution is 1.99. The van der Waals surface area contributed by atoms with Crippen LogP contribution in [0.5, 0.6) is 0 Å². The van der Waals surface area contributed by atoms with Crippen molar-refractivity contribution < 1.29 is 119 Å². The van der Waals surface area contributed by atoms with E-state index < -0.39 is 71.6 Å². The van der Waals surface area contributed by atoms with Gasteiger partial charge in [0.05, 0.1) is 51.4 Å². The molecule has 0 bridgehead atoms. The summed E-state index contributed by atoms with van der Waals surface area (Å²) >= 11 is 0. The Labute approximate surface area is 287 Å². The van der Waals surface area contributed by atoms with Crippen LogP contribution in [-0.4, -0.2) is 133 Å². The highest BCUT2D eigenvalue weighted by molar-refractivity contribution is 5.76. The molecule has 0 atom stereocenters. The Morgan fingerprint density at radius 1 is 0.176 bits per heavy atom. The van der Waals surface area contributed by atoms with Crippen molar-refractivity contribution in [2.75, 3.05) is 0 Å². The average molecular weight is 751 g/mol. The predicted octanol–water partition coefficient (Wildman–Crippen LogP) is 0.785. The summed E-state index contributed by atoms with van der Waals surface area (Å²) in [7, 11) is 0. The van der Waals surface area contributed by atoms with E-state index in [1.807, 2.05) is 0 Å². The summed E-state index contributed by atoms with van der Waals surface area (Å²) in [5.41, 5.74) is 0. The fourth-order valence-corrected chi connectivity index (χ4v) is 1.80. The smallest absolute Gasteiger partial charge is 0.303 e. The first-order chi connectivity index (χ1) is 23.3. The number of carboxylic acid groups (broad SMARTS) is 12. The van der Waals surface area contributed by atoms with Gasteiger partial charge in [-0.2, -0.15) is 0 Å². The standard InChI is InChI=1S/C6H10O4.C5H8O4.4C4H6O4/c7-5(8)3-1-2-4-6(9)10;6-4(7)2-1-3-5(8)9;4*5-3(6)1-2-4(7)8/h1-4H2,(H,7,8)(H,9,10);1-3H2,(H,6,7)(H,8,9);4*1-2H2,(H,5,6)(H,7,8). The maximum Gasteiger partial charge on any atom is 0.303 e. The lowest BCUT2D eigenvalue weighted by molar-refractivity contribution is -0.143. The molecule has 0 aromatic carbocycles. The summed E-state index contributed by atoms with van der Waals surface area (Å²) in [5, 5.41) is 95.5. The van der Waals surface area contributed by atoms with Crippen molar-refractivity contribution >= 4 is 71.6 Å². The number of hydrogen-bond acceptors (Lipinski definition) is 12. The molecule has 0 heterocycles. The Hall–Kier alpha value is -6.36. The highest BCUT2D eigenvalue weighted by Gasteiger charge is 2.03. The van der Waals surface area contributed by atoms with Gasteiger partial charge in [-0.3, -0.25) is 57.5 Å². The van der Waals surface area contributed by atoms with Crippen LogP contribution in [0.25, 0.3) is 0 Å². The second kappa shape index (κ2) is 39.8. The van der Waals surface area contributed by atoms with E-state index in [0.29, 0.717) is 12.8 Å². The molecule has 0 radical (unpaired) electrons. The van der Waals surface area contributed by atoms with Crippen LogP contribution in [0.3, 0.4) is 0 Å². The number of unbranched alkanes of at least 4 members (excludes halogenated alkanes) is 1. The number of carbonyl (C=O) groups is 12. The Morgan fingerprint density at radius 3 is 0.373 bits per heavy atom. The monoisotopic (exact) mass is 750 g/mol. The summed E-state index contributed by atoms with van der Waals surface area (Å²) in [4.78, 5) is 116. The molecule has 24 nitrogen and oxygen atoms in total. The predicted molar refractivity (Wildman–Crippen MR) is 161 cm³/mol. The Kier molecular flexibility index (Phi) is 44.5. The van der Waals surface area contributed by atoms with Crippen molar-refractivity contribution in [1.82, 2.24) is 0 Å². The minimum absolute atomic E-state index is 0.0628. The normalized spacial score (nSPS) is 8.71. The second-order valence-electron chi connectivity index (χ2n) is 8.79. The van der Waals surface area contributed by atoms with Crippen LogP contribution in [0.1, 0.15) is 96.3 Å². The lowest BCUT2D eigenvalue weighted by Crippen LogP contribution is -2.00. The molecule has 0 saturated heterocycles. The minimum atomic E-state index is -1.08. The molecule has 51 heavy (non-hydrogen) atoms. The van der Waals surface area contributed by atoms with Gasteiger partial charge in [0.1, 0.15) is 0 Å². The fourth-order valence-electron chi connectivity index (χ4n) is 1.80. The van der Waals surface area contributed by atoms with Gasteiger partial charge >= 0.3 is 71.6 Å². The largest absolute Gasteiger partial charge is 0.481 e. The third-order valence-electron chi connectivity index (χ3n) is 4.02. The topological polar surface area (TPSA) is 448 Å². The van der Waals surface area contributed by atoms with Crippen LogP contribution in [0, 0.1) is 0 Å². The maximum atomic E-state index is 9.90. The van der Waals surface area contributed by atoms with Crippen molar-refractivity contribution in [2.45, 2.75) is 96.3 Å². The number of rotatable bonds is 21. The molecule has 0 aliphatic heterocycles. The molecule has 0 rings (SSSR count). The first-order valence-corrected chi connectivity index (χ1v) is 13.9. The van der Waals surface area contributed by atoms with E-state index in [2.05, 4.69) is 0 Å². The zero-order valence-corrected chi connectivity index (χ0v) is 26.9. The second-order valence-corrected chi connectivity index (χ2v) is 8.79. The van der Waals surface area contributed by atoms with Crippen molar-refractivity contribution in [3.05, 3.63) is 0 Å². The Bertz CT molecular complexity index is 926. The first kappa shape index (κ1) is 56.9. The van der Waals surface area contributed by atoms with Gasteiger partial charge < -0.3 is 61.3 Å². The number of hydrogen-bond donors (Lipinski definition) is 12. The third-order valence-corrected chi connectivity index (χ3v) is 4.02. The van der Waals surface area contributed by atoms with Gasteiger partial charge in [-0.25, -0.2) is 0 Å². The van der Waals surface area contributed by atoms with E-state index in [1.165, 1.54) is 0 Å². The maximum absolute atomic E-state index is 9.90. The molecular formula is C27H42O24. The van der Waals surface area contributed by atoms with Gasteiger partial charge in [0, 0.05) is 25.7 Å². The molecule has 0 aromatic rings. The summed E-state index contributed by atoms with van der Waals surface area (Å²) in [6, 6.07) is 0. The van der Waals surface area contributed by atoms with E-state index >= 15 is 0 Å². The quantitative estimate of drug-likeness (QED) is 0.0721. The zero-order chi connectivity index (χ0) is 41.5. The first-order valence-electron chi connectivity index (χ1n) is 13.9. The van der Waals surface area contributed by atoms with E-state index in [4.69, 9.17) is 61.3 Å². The van der Waals surface area contributed by atoms with Crippen LogP contribution in [0.4, 0.5) is 0 Å². The van der Waals surface area contributed by atoms with Crippen LogP contribution < -0.4 is 0 Å². The lowest BCUT2D eigenvalue weighted by atomic mass is 10.2. The van der Waals surface area contributed by atoms with Crippen LogP contribution in [-0.2, 0) is 57.5 Å². The molecule has 0 aliphatic rings. The van der Waals surface area contributed by atoms with E-state index in [-0.39, 0.29) is 83.5 Å². The van der Waals surface area contributed by atoms with E-state index in [0.717, 1.165) is 0 Å². The van der Waals surface area contributed by atoms with Gasteiger partial charge in [-0.1, -0.05) is 0 Å². The Balaban J connectivity index is -0.000000119. The highest BCUT2D eigenvalue weighted by atomic mass is 16.4. The molecule has 24 heteroatoms. The lowest BCUT2D eigenvalue weighted by Gasteiger charge is -1.92. The third kappa shape index (κ3) is 107. The van der Waals surface area contributed by atoms with Crippen molar-refractivity contribution in [2.24, 2.45) is 0 Å². The molecule has 0 spiro atoms. The van der Waals surface area contributed by atoms with Crippen LogP contribution >= 0.6 is 0 Å². The molecule has 0 fully saturated rings. The van der Waals surface area contributed by atoms with Gasteiger partial charge in [0.2, 0.25) is 0 Å². The molecule has 0 amide bonds.